The number of carbonyl (C=O) groups is 2. The van der Waals surface area contributed by atoms with Crippen LogP contribution < -0.4 is 9.64 Å². The van der Waals surface area contributed by atoms with Crippen LogP contribution in [0.3, 0.4) is 0 Å². The van der Waals surface area contributed by atoms with Gasteiger partial charge in [0.2, 0.25) is 0 Å². The zero-order valence-corrected chi connectivity index (χ0v) is 18.5. The molecule has 1 aliphatic rings. The van der Waals surface area contributed by atoms with E-state index in [-0.39, 0.29) is 21.9 Å². The Balaban J connectivity index is 1.92. The Bertz CT molecular complexity index is 1230. The average molecular weight is 469 g/mol. The minimum Gasteiger partial charge on any atom is -0.507 e. The number of ether oxygens (including phenoxy) is 1. The molecular weight excluding hydrogens is 451 g/mol. The number of anilines is 1. The summed E-state index contributed by atoms with van der Waals surface area (Å²) in [5, 5.41) is 11.6. The van der Waals surface area contributed by atoms with Crippen molar-refractivity contribution in [1.29, 1.82) is 0 Å². The number of ketones is 1. The van der Waals surface area contributed by atoms with E-state index in [4.69, 9.17) is 27.9 Å². The smallest absolute Gasteiger partial charge is 0.300 e. The summed E-state index contributed by atoms with van der Waals surface area (Å²) in [6, 6.07) is 15.6. The lowest BCUT2D eigenvalue weighted by molar-refractivity contribution is -0.132. The second-order valence-corrected chi connectivity index (χ2v) is 7.80. The molecule has 1 amide bonds. The number of carbonyl (C=O) groups excluding carboxylic acids is 2. The molecule has 1 N–H and O–H groups in total. The SMILES string of the molecule is CCOc1cccc(N2C(=O)C(=O)/C(=C(/O)c3ccc(Cl)c(Cl)c3)C2c2ccccn2)c1. The maximum Gasteiger partial charge on any atom is 0.300 e. The van der Waals surface area contributed by atoms with Gasteiger partial charge in [-0.2, -0.15) is 0 Å². The number of halogens is 2. The average Bonchev–Trinajstić information content (AvgIpc) is 3.07. The number of hydrogen-bond acceptors (Lipinski definition) is 5. The first-order valence-corrected chi connectivity index (χ1v) is 10.6. The Morgan fingerprint density at radius 2 is 1.88 bits per heavy atom. The number of pyridine rings is 1. The summed E-state index contributed by atoms with van der Waals surface area (Å²) in [6.07, 6.45) is 1.56. The summed E-state index contributed by atoms with van der Waals surface area (Å²) in [7, 11) is 0. The van der Waals surface area contributed by atoms with E-state index in [2.05, 4.69) is 4.98 Å². The number of Topliss-reactive ketones (excluding diaryl/α,β-unsaturated/α-hetero) is 1. The Hall–Kier alpha value is -3.35. The molecule has 0 aliphatic carbocycles. The van der Waals surface area contributed by atoms with Gasteiger partial charge in [-0.25, -0.2) is 0 Å². The third kappa shape index (κ3) is 3.95. The van der Waals surface area contributed by atoms with E-state index in [1.165, 1.54) is 23.1 Å². The lowest BCUT2D eigenvalue weighted by atomic mass is 9.98. The minimum atomic E-state index is -0.942. The number of aliphatic hydroxyl groups is 1. The highest BCUT2D eigenvalue weighted by molar-refractivity contribution is 6.51. The summed E-state index contributed by atoms with van der Waals surface area (Å²) in [5.74, 6) is -1.42. The maximum atomic E-state index is 13.1. The second kappa shape index (κ2) is 9.02. The number of nitrogens with zero attached hydrogens (tertiary/aromatic N) is 2. The number of benzene rings is 2. The molecule has 6 nitrogen and oxygen atoms in total. The highest BCUT2D eigenvalue weighted by atomic mass is 35.5. The van der Waals surface area contributed by atoms with E-state index in [1.807, 2.05) is 6.92 Å². The van der Waals surface area contributed by atoms with Crippen LogP contribution in [-0.2, 0) is 9.59 Å². The van der Waals surface area contributed by atoms with E-state index < -0.39 is 17.7 Å². The normalized spacial score (nSPS) is 17.6. The van der Waals surface area contributed by atoms with Crippen molar-refractivity contribution in [2.24, 2.45) is 0 Å². The van der Waals surface area contributed by atoms with Crippen molar-refractivity contribution >= 4 is 46.3 Å². The van der Waals surface area contributed by atoms with Crippen LogP contribution in [0.1, 0.15) is 24.2 Å². The van der Waals surface area contributed by atoms with Crippen molar-refractivity contribution in [2.75, 3.05) is 11.5 Å². The van der Waals surface area contributed by atoms with E-state index in [1.54, 1.807) is 48.7 Å². The van der Waals surface area contributed by atoms with Crippen LogP contribution in [0.2, 0.25) is 10.0 Å². The van der Waals surface area contributed by atoms with Crippen LogP contribution in [0.4, 0.5) is 5.69 Å². The molecule has 1 fully saturated rings. The Labute approximate surface area is 194 Å². The lowest BCUT2D eigenvalue weighted by Crippen LogP contribution is -2.29. The molecule has 0 saturated carbocycles. The largest absolute Gasteiger partial charge is 0.507 e. The summed E-state index contributed by atoms with van der Waals surface area (Å²) >= 11 is 12.1. The van der Waals surface area contributed by atoms with Crippen LogP contribution in [0.25, 0.3) is 5.76 Å². The summed E-state index contributed by atoms with van der Waals surface area (Å²) in [4.78, 5) is 31.9. The third-order valence-electron chi connectivity index (χ3n) is 5.01. The Morgan fingerprint density at radius 3 is 2.56 bits per heavy atom. The second-order valence-electron chi connectivity index (χ2n) is 6.98. The molecule has 1 aromatic heterocycles. The molecule has 1 atom stereocenters. The summed E-state index contributed by atoms with van der Waals surface area (Å²) in [6.45, 7) is 2.30. The Morgan fingerprint density at radius 1 is 1.06 bits per heavy atom. The van der Waals surface area contributed by atoms with Gasteiger partial charge in [-0.15, -0.1) is 0 Å². The number of rotatable bonds is 5. The van der Waals surface area contributed by atoms with Gasteiger partial charge in [0.1, 0.15) is 17.6 Å². The zero-order chi connectivity index (χ0) is 22.8. The fraction of sp³-hybridized carbons (Fsp3) is 0.125. The van der Waals surface area contributed by atoms with Crippen molar-refractivity contribution in [1.82, 2.24) is 4.98 Å². The molecule has 1 saturated heterocycles. The van der Waals surface area contributed by atoms with Crippen molar-refractivity contribution in [3.63, 3.8) is 0 Å². The quantitative estimate of drug-likeness (QED) is 0.307. The maximum absolute atomic E-state index is 13.1. The third-order valence-corrected chi connectivity index (χ3v) is 5.75. The number of aromatic nitrogens is 1. The van der Waals surface area contributed by atoms with Crippen molar-refractivity contribution < 1.29 is 19.4 Å². The van der Waals surface area contributed by atoms with Gasteiger partial charge >= 0.3 is 0 Å². The van der Waals surface area contributed by atoms with Crippen LogP contribution in [0.5, 0.6) is 5.75 Å². The van der Waals surface area contributed by atoms with Crippen molar-refractivity contribution in [3.05, 3.63) is 93.7 Å². The topological polar surface area (TPSA) is 79.7 Å². The fourth-order valence-electron chi connectivity index (χ4n) is 3.61. The van der Waals surface area contributed by atoms with Gasteiger partial charge in [0.05, 0.1) is 27.9 Å². The van der Waals surface area contributed by atoms with Crippen molar-refractivity contribution in [2.45, 2.75) is 13.0 Å². The summed E-state index contributed by atoms with van der Waals surface area (Å²) in [5.41, 5.74) is 1.05. The first-order valence-electron chi connectivity index (χ1n) is 9.82. The molecule has 4 rings (SSSR count). The van der Waals surface area contributed by atoms with Crippen LogP contribution in [-0.4, -0.2) is 28.4 Å². The molecule has 8 heteroatoms. The molecule has 0 bridgehead atoms. The molecule has 2 heterocycles. The molecule has 0 radical (unpaired) electrons. The summed E-state index contributed by atoms with van der Waals surface area (Å²) < 4.78 is 5.55. The molecule has 0 spiro atoms. The molecule has 1 unspecified atom stereocenters. The highest BCUT2D eigenvalue weighted by Gasteiger charge is 2.47. The lowest BCUT2D eigenvalue weighted by Gasteiger charge is -2.25. The standard InChI is InChI=1S/C24H18Cl2N2O4/c1-2-32-16-7-5-6-15(13-16)28-21(19-8-3-4-11-27-19)20(23(30)24(28)31)22(29)14-9-10-17(25)18(26)12-14/h3-13,21,29H,2H2,1H3/b22-20+. The van der Waals surface area contributed by atoms with Crippen molar-refractivity contribution in [3.8, 4) is 5.75 Å². The zero-order valence-electron chi connectivity index (χ0n) is 17.0. The van der Waals surface area contributed by atoms with E-state index in [9.17, 15) is 14.7 Å². The van der Waals surface area contributed by atoms with Gasteiger partial charge in [-0.3, -0.25) is 19.5 Å². The molecule has 1 aliphatic heterocycles. The van der Waals surface area contributed by atoms with Gasteiger partial charge in [-0.05, 0) is 49.4 Å². The highest BCUT2D eigenvalue weighted by Crippen LogP contribution is 2.42. The molecule has 32 heavy (non-hydrogen) atoms. The van der Waals surface area contributed by atoms with E-state index in [0.717, 1.165) is 0 Å². The molecular formula is C24H18Cl2N2O4. The first-order chi connectivity index (χ1) is 15.4. The number of hydrogen-bond donors (Lipinski definition) is 1. The number of amides is 1. The monoisotopic (exact) mass is 468 g/mol. The van der Waals surface area contributed by atoms with Crippen LogP contribution in [0.15, 0.2) is 72.4 Å². The van der Waals surface area contributed by atoms with E-state index in [0.29, 0.717) is 28.8 Å². The first kappa shape index (κ1) is 21.9. The van der Waals surface area contributed by atoms with Gasteiger partial charge < -0.3 is 9.84 Å². The van der Waals surface area contributed by atoms with Gasteiger partial charge in [0.25, 0.3) is 11.7 Å². The number of aliphatic hydroxyl groups excluding tert-OH is 1. The van der Waals surface area contributed by atoms with Gasteiger partial charge in [0, 0.05) is 23.5 Å². The van der Waals surface area contributed by atoms with Gasteiger partial charge in [0.15, 0.2) is 0 Å². The molecule has 3 aromatic rings. The fourth-order valence-corrected chi connectivity index (χ4v) is 3.90. The van der Waals surface area contributed by atoms with Crippen LogP contribution >= 0.6 is 23.2 Å². The molecule has 162 valence electrons. The predicted octanol–water partition coefficient (Wildman–Crippen LogP) is 5.41. The Kier molecular flexibility index (Phi) is 6.17. The minimum absolute atomic E-state index is 0.0890. The molecule has 2 aromatic carbocycles. The van der Waals surface area contributed by atoms with Gasteiger partial charge in [-0.1, -0.05) is 35.3 Å². The van der Waals surface area contributed by atoms with Crippen LogP contribution in [0, 0.1) is 0 Å². The predicted molar refractivity (Wildman–Crippen MR) is 123 cm³/mol. The van der Waals surface area contributed by atoms with E-state index >= 15 is 0 Å².